The smallest absolute Gasteiger partial charge is 0.333 e. The summed E-state index contributed by atoms with van der Waals surface area (Å²) in [7, 11) is 0. The normalized spacial score (nSPS) is 37.8. The van der Waals surface area contributed by atoms with Crippen LogP contribution in [0.4, 0.5) is 4.79 Å². The van der Waals surface area contributed by atoms with E-state index in [0.717, 1.165) is 0 Å². The minimum absolute atomic E-state index is 0.113. The van der Waals surface area contributed by atoms with Gasteiger partial charge in [0.05, 0.1) is 25.8 Å². The first kappa shape index (κ1) is 28.3. The molecule has 0 saturated carbocycles. The molecule has 0 spiro atoms. The van der Waals surface area contributed by atoms with Crippen molar-refractivity contribution in [3.8, 4) is 0 Å². The Labute approximate surface area is 194 Å². The summed E-state index contributed by atoms with van der Waals surface area (Å²) in [5.41, 5.74) is 0.175. The predicted molar refractivity (Wildman–Crippen MR) is 109 cm³/mol. The van der Waals surface area contributed by atoms with Crippen LogP contribution in [0.5, 0.6) is 0 Å². The summed E-state index contributed by atoms with van der Waals surface area (Å²) >= 11 is 0. The van der Waals surface area contributed by atoms with E-state index in [2.05, 4.69) is 17.2 Å². The van der Waals surface area contributed by atoms with Gasteiger partial charge in [0.2, 0.25) is 5.79 Å². The highest BCUT2D eigenvalue weighted by molar-refractivity contribution is 5.86. The molecule has 0 aromatic carbocycles. The number of amides is 2. The number of urea groups is 1. The van der Waals surface area contributed by atoms with Crippen LogP contribution >= 0.6 is 0 Å². The maximum absolute atomic E-state index is 12.2. The fraction of sp³-hybridized carbons (Fsp3) is 0.789. The fourth-order valence-electron chi connectivity index (χ4n) is 3.46. The summed E-state index contributed by atoms with van der Waals surface area (Å²) in [6, 6.07) is -2.35. The maximum Gasteiger partial charge on any atom is 0.333 e. The maximum atomic E-state index is 12.2. The van der Waals surface area contributed by atoms with Gasteiger partial charge >= 0.3 is 12.0 Å². The third kappa shape index (κ3) is 6.19. The zero-order chi connectivity index (χ0) is 25.6. The van der Waals surface area contributed by atoms with E-state index in [1.54, 1.807) is 0 Å². The summed E-state index contributed by atoms with van der Waals surface area (Å²) < 4.78 is 20.8. The minimum Gasteiger partial charge on any atom is -0.460 e. The number of carbonyl (C=O) groups is 2. The second kappa shape index (κ2) is 12.2. The van der Waals surface area contributed by atoms with E-state index in [-0.39, 0.29) is 18.7 Å². The first-order valence-electron chi connectivity index (χ1n) is 10.4. The number of ether oxygens (including phenoxy) is 4. The van der Waals surface area contributed by atoms with Crippen LogP contribution in [0.25, 0.3) is 0 Å². The third-order valence-corrected chi connectivity index (χ3v) is 5.37. The van der Waals surface area contributed by atoms with Crippen LogP contribution in [0.1, 0.15) is 6.92 Å². The lowest BCUT2D eigenvalue weighted by atomic mass is 9.96. The molecule has 15 heteroatoms. The predicted octanol–water partition coefficient (Wildman–Crippen LogP) is -4.97. The molecule has 2 amide bonds. The fourth-order valence-corrected chi connectivity index (χ4v) is 3.46. The third-order valence-electron chi connectivity index (χ3n) is 5.37. The SMILES string of the molecule is C=C(C)C(=O)OCCNC(=O)N[C@H]1[C@@H](O)[C@@H](O[C@]2(CO)O[C@H](CO)[C@@H](O)[C@@H]2O)O[C@H](CO)[C@H]1O. The van der Waals surface area contributed by atoms with Crippen LogP contribution in [-0.4, -0.2) is 135 Å². The van der Waals surface area contributed by atoms with Crippen molar-refractivity contribution in [2.24, 2.45) is 0 Å². The lowest BCUT2D eigenvalue weighted by Crippen LogP contribution is -2.67. The molecule has 2 aliphatic rings. The first-order chi connectivity index (χ1) is 16.0. The van der Waals surface area contributed by atoms with Crippen molar-refractivity contribution >= 4 is 12.0 Å². The van der Waals surface area contributed by atoms with Gasteiger partial charge in [-0.15, -0.1) is 0 Å². The van der Waals surface area contributed by atoms with Crippen molar-refractivity contribution in [1.29, 1.82) is 0 Å². The molecule has 9 atom stereocenters. The van der Waals surface area contributed by atoms with Crippen molar-refractivity contribution in [2.75, 3.05) is 33.0 Å². The van der Waals surface area contributed by atoms with Crippen LogP contribution in [0.3, 0.4) is 0 Å². The molecule has 0 aromatic rings. The monoisotopic (exact) mass is 496 g/mol. The lowest BCUT2D eigenvalue weighted by Gasteiger charge is -2.45. The topological polar surface area (TPSA) is 237 Å². The Morgan fingerprint density at radius 1 is 1.03 bits per heavy atom. The highest BCUT2D eigenvalue weighted by Crippen LogP contribution is 2.35. The summed E-state index contributed by atoms with van der Waals surface area (Å²) in [6.45, 7) is 2.07. The number of hydrogen-bond acceptors (Lipinski definition) is 13. The number of aliphatic hydroxyl groups excluding tert-OH is 7. The van der Waals surface area contributed by atoms with Gasteiger partial charge in [-0.25, -0.2) is 9.59 Å². The van der Waals surface area contributed by atoms with Gasteiger partial charge in [0.15, 0.2) is 6.29 Å². The number of nitrogens with one attached hydrogen (secondary N) is 2. The van der Waals surface area contributed by atoms with Gasteiger partial charge in [-0.1, -0.05) is 6.58 Å². The molecule has 196 valence electrons. The van der Waals surface area contributed by atoms with E-state index in [1.165, 1.54) is 6.92 Å². The minimum atomic E-state index is -2.32. The van der Waals surface area contributed by atoms with Gasteiger partial charge < -0.3 is 65.3 Å². The van der Waals surface area contributed by atoms with E-state index in [4.69, 9.17) is 18.9 Å². The first-order valence-corrected chi connectivity index (χ1v) is 10.4. The number of carbonyl (C=O) groups excluding carboxylic acids is 2. The van der Waals surface area contributed by atoms with E-state index < -0.39 is 86.6 Å². The van der Waals surface area contributed by atoms with Crippen LogP contribution in [0.2, 0.25) is 0 Å². The van der Waals surface area contributed by atoms with Crippen molar-refractivity contribution in [3.05, 3.63) is 12.2 Å². The van der Waals surface area contributed by atoms with Gasteiger partial charge in [-0.05, 0) is 6.92 Å². The molecule has 2 saturated heterocycles. The number of esters is 1. The highest BCUT2D eigenvalue weighted by atomic mass is 16.8. The quantitative estimate of drug-likeness (QED) is 0.0783. The Balaban J connectivity index is 2.05. The molecule has 0 aliphatic carbocycles. The Morgan fingerprint density at radius 3 is 2.21 bits per heavy atom. The Hall–Kier alpha value is -1.92. The Bertz CT molecular complexity index is 724. The van der Waals surface area contributed by atoms with E-state index in [9.17, 15) is 45.3 Å². The number of hydrogen-bond donors (Lipinski definition) is 9. The Kier molecular flexibility index (Phi) is 10.1. The molecule has 0 radical (unpaired) electrons. The average molecular weight is 496 g/mol. The van der Waals surface area contributed by atoms with E-state index >= 15 is 0 Å². The van der Waals surface area contributed by atoms with Gasteiger partial charge in [-0.2, -0.15) is 0 Å². The standard InChI is InChI=1S/C19H32N2O13/c1-8(2)16(29)31-4-3-20-18(30)21-11-12(25)9(5-22)32-17(14(11)27)34-19(7-24)15(28)13(26)10(6-23)33-19/h9-15,17,22-28H,1,3-7H2,2H3,(H2,20,21,30)/t9-,10-,11-,12-,13-,14-,15+,17-,19+/m1/s1. The zero-order valence-electron chi connectivity index (χ0n) is 18.4. The summed E-state index contributed by atoms with van der Waals surface area (Å²) in [5.74, 6) is -2.97. The number of aliphatic hydroxyl groups is 7. The second-order valence-corrected chi connectivity index (χ2v) is 7.91. The van der Waals surface area contributed by atoms with Gasteiger partial charge in [0, 0.05) is 5.57 Å². The van der Waals surface area contributed by atoms with Gasteiger partial charge in [-0.3, -0.25) is 0 Å². The Morgan fingerprint density at radius 2 is 1.68 bits per heavy atom. The molecular formula is C19H32N2O13. The van der Waals surface area contributed by atoms with Crippen molar-refractivity contribution in [3.63, 3.8) is 0 Å². The van der Waals surface area contributed by atoms with Gasteiger partial charge in [0.25, 0.3) is 0 Å². The molecule has 15 nitrogen and oxygen atoms in total. The molecule has 0 aromatic heterocycles. The van der Waals surface area contributed by atoms with Crippen molar-refractivity contribution in [2.45, 2.75) is 61.7 Å². The van der Waals surface area contributed by atoms with Crippen molar-refractivity contribution < 1.29 is 64.3 Å². The second-order valence-electron chi connectivity index (χ2n) is 7.91. The molecule has 0 bridgehead atoms. The molecule has 0 unspecified atom stereocenters. The highest BCUT2D eigenvalue weighted by Gasteiger charge is 2.58. The summed E-state index contributed by atoms with van der Waals surface area (Å²) in [5, 5.41) is 74.5. The van der Waals surface area contributed by atoms with Gasteiger partial charge in [0.1, 0.15) is 49.8 Å². The largest absolute Gasteiger partial charge is 0.460 e. The van der Waals surface area contributed by atoms with E-state index in [0.29, 0.717) is 0 Å². The molecular weight excluding hydrogens is 464 g/mol. The van der Waals surface area contributed by atoms with Crippen LogP contribution in [0.15, 0.2) is 12.2 Å². The zero-order valence-corrected chi connectivity index (χ0v) is 18.4. The number of rotatable bonds is 10. The molecule has 2 heterocycles. The summed E-state index contributed by atoms with van der Waals surface area (Å²) in [6.07, 6.45) is -11.4. The molecule has 2 aliphatic heterocycles. The molecule has 34 heavy (non-hydrogen) atoms. The van der Waals surface area contributed by atoms with E-state index in [1.807, 2.05) is 0 Å². The molecule has 2 fully saturated rings. The molecule has 9 N–H and O–H groups in total. The van der Waals surface area contributed by atoms with Crippen LogP contribution in [-0.2, 0) is 23.7 Å². The van der Waals surface area contributed by atoms with Crippen LogP contribution in [0, 0.1) is 0 Å². The average Bonchev–Trinajstić information content (AvgIpc) is 3.05. The lowest BCUT2D eigenvalue weighted by molar-refractivity contribution is -0.375. The molecule has 2 rings (SSSR count). The summed E-state index contributed by atoms with van der Waals surface area (Å²) in [4.78, 5) is 23.5. The van der Waals surface area contributed by atoms with Crippen LogP contribution < -0.4 is 10.6 Å². The van der Waals surface area contributed by atoms with Crippen molar-refractivity contribution in [1.82, 2.24) is 10.6 Å².